The van der Waals surface area contributed by atoms with Gasteiger partial charge in [-0.15, -0.1) is 0 Å². The van der Waals surface area contributed by atoms with E-state index in [1.165, 1.54) is 21.1 Å². The van der Waals surface area contributed by atoms with Gasteiger partial charge in [-0.25, -0.2) is 0 Å². The summed E-state index contributed by atoms with van der Waals surface area (Å²) in [6, 6.07) is -0.282. The molecular weight excluding hydrogens is 692 g/mol. The lowest BCUT2D eigenvalue weighted by atomic mass is 9.73. The number of carbonyl (C=O) groups is 1. The third-order valence-corrected chi connectivity index (χ3v) is 12.4. The molecule has 0 spiro atoms. The highest BCUT2D eigenvalue weighted by Gasteiger charge is 2.54. The molecule has 3 saturated heterocycles. The molecule has 15 heteroatoms. The average Bonchev–Trinajstić information content (AvgIpc) is 3.10. The minimum absolute atomic E-state index is 0.128. The van der Waals surface area contributed by atoms with Gasteiger partial charge in [-0.05, 0) is 74.9 Å². The zero-order valence-electron chi connectivity index (χ0n) is 34.4. The number of carbonyl (C=O) groups excluding carboxylic acids is 1. The molecule has 3 aliphatic rings. The fourth-order valence-corrected chi connectivity index (χ4v) is 8.78. The maximum Gasteiger partial charge on any atom is 0.311 e. The van der Waals surface area contributed by atoms with Crippen molar-refractivity contribution in [2.45, 2.75) is 179 Å². The molecule has 0 radical (unpaired) electrons. The third-order valence-electron chi connectivity index (χ3n) is 12.4. The molecule has 0 amide bonds. The van der Waals surface area contributed by atoms with Crippen molar-refractivity contribution in [3.8, 4) is 0 Å². The fraction of sp³-hybridized carbons (Fsp3) is 0.947. The molecule has 3 aliphatic heterocycles. The second-order valence-electron chi connectivity index (χ2n) is 16.8. The first-order chi connectivity index (χ1) is 24.5. The van der Waals surface area contributed by atoms with E-state index in [1.54, 1.807) is 34.6 Å². The summed E-state index contributed by atoms with van der Waals surface area (Å²) in [5.41, 5.74) is -3.99. The summed E-state index contributed by atoms with van der Waals surface area (Å²) in [4.78, 5) is 16.2. The van der Waals surface area contributed by atoms with Crippen molar-refractivity contribution in [2.75, 3.05) is 28.3 Å². The first kappa shape index (κ1) is 45.9. The van der Waals surface area contributed by atoms with Gasteiger partial charge in [0.15, 0.2) is 12.6 Å². The molecule has 3 rings (SSSR count). The largest absolute Gasteiger partial charge is 0.459 e. The van der Waals surface area contributed by atoms with Gasteiger partial charge in [-0.3, -0.25) is 4.79 Å². The summed E-state index contributed by atoms with van der Waals surface area (Å²) in [5, 5.41) is 59.8. The Morgan fingerprint density at radius 1 is 0.887 bits per heavy atom. The van der Waals surface area contributed by atoms with Gasteiger partial charge in [0.25, 0.3) is 0 Å². The van der Waals surface area contributed by atoms with Crippen molar-refractivity contribution in [1.82, 2.24) is 4.90 Å². The van der Waals surface area contributed by atoms with Crippen molar-refractivity contribution in [3.05, 3.63) is 0 Å². The Morgan fingerprint density at radius 3 is 2.02 bits per heavy atom. The van der Waals surface area contributed by atoms with Crippen LogP contribution in [0.15, 0.2) is 5.16 Å². The molecule has 0 aromatic rings. The molecule has 0 saturated carbocycles. The number of hydrogen-bond donors (Lipinski definition) is 5. The number of likely N-dealkylation sites (N-methyl/N-ethyl adjacent to an activating group) is 1. The Kier molecular flexibility index (Phi) is 15.7. The SMILES string of the molecule is CCC1OC(=O)[C@@H](C)[C@H](O[C@@H]2C[C@](C)(OC)[C@H](O)[C@@H](C)O2)[C@@H](C)[C@H](O[C@H]2O[C@@H](C)C[C@@H](N(C)C)[C@@H]2O)[C@@](C)(OC)C[C@H](C)/C(=N/O)[C@@H](C)[C@H](O)[C@@]1(C)O. The topological polar surface area (TPSA) is 198 Å². The summed E-state index contributed by atoms with van der Waals surface area (Å²) in [7, 11) is 6.80. The van der Waals surface area contributed by atoms with Crippen LogP contribution in [0.1, 0.15) is 94.9 Å². The third kappa shape index (κ3) is 9.73. The maximum absolute atomic E-state index is 14.2. The predicted octanol–water partition coefficient (Wildman–Crippen LogP) is 2.70. The molecular formula is C38H70N2O13. The molecule has 53 heavy (non-hydrogen) atoms. The zero-order valence-corrected chi connectivity index (χ0v) is 34.4. The van der Waals surface area contributed by atoms with Gasteiger partial charge in [0.05, 0.1) is 53.4 Å². The van der Waals surface area contributed by atoms with Gasteiger partial charge in [-0.1, -0.05) is 32.9 Å². The van der Waals surface area contributed by atoms with Crippen molar-refractivity contribution in [1.29, 1.82) is 0 Å². The number of hydrogen-bond acceptors (Lipinski definition) is 15. The highest BCUT2D eigenvalue weighted by atomic mass is 16.7. The number of esters is 1. The lowest BCUT2D eigenvalue weighted by Gasteiger charge is -2.50. The molecule has 0 aliphatic carbocycles. The van der Waals surface area contributed by atoms with Gasteiger partial charge in [0.2, 0.25) is 0 Å². The number of rotatable bonds is 8. The highest BCUT2D eigenvalue weighted by molar-refractivity contribution is 5.88. The van der Waals surface area contributed by atoms with Crippen molar-refractivity contribution in [3.63, 3.8) is 0 Å². The fourth-order valence-electron chi connectivity index (χ4n) is 8.78. The van der Waals surface area contributed by atoms with Crippen LogP contribution in [0.25, 0.3) is 0 Å². The Balaban J connectivity index is 2.25. The van der Waals surface area contributed by atoms with E-state index in [2.05, 4.69) is 5.16 Å². The normalized spacial score (nSPS) is 49.1. The lowest BCUT2D eigenvalue weighted by Crippen LogP contribution is -2.61. The van der Waals surface area contributed by atoms with Crippen LogP contribution < -0.4 is 0 Å². The van der Waals surface area contributed by atoms with Crippen LogP contribution in [0, 0.1) is 23.7 Å². The zero-order chi connectivity index (χ0) is 40.4. The number of cyclic esters (lactones) is 1. The molecule has 0 aromatic carbocycles. The number of nitrogens with zero attached hydrogens (tertiary/aromatic N) is 2. The van der Waals surface area contributed by atoms with Crippen LogP contribution in [-0.2, 0) is 38.0 Å². The van der Waals surface area contributed by atoms with Gasteiger partial charge < -0.3 is 63.7 Å². The summed E-state index contributed by atoms with van der Waals surface area (Å²) < 4.78 is 44.1. The van der Waals surface area contributed by atoms with Crippen LogP contribution in [-0.4, -0.2) is 155 Å². The Morgan fingerprint density at radius 2 is 1.49 bits per heavy atom. The van der Waals surface area contributed by atoms with Gasteiger partial charge >= 0.3 is 5.97 Å². The molecule has 0 aromatic heterocycles. The van der Waals surface area contributed by atoms with E-state index in [0.717, 1.165) is 0 Å². The van der Waals surface area contributed by atoms with Crippen LogP contribution in [0.3, 0.4) is 0 Å². The van der Waals surface area contributed by atoms with E-state index in [4.69, 9.17) is 33.2 Å². The number of aliphatic hydroxyl groups is 4. The van der Waals surface area contributed by atoms with Crippen molar-refractivity contribution >= 4 is 11.7 Å². The molecule has 310 valence electrons. The van der Waals surface area contributed by atoms with Crippen molar-refractivity contribution < 1.29 is 63.6 Å². The van der Waals surface area contributed by atoms with E-state index >= 15 is 0 Å². The standard InChI is InChI=1S/C38H70N2O13/c1-15-26-38(10,45)31(42)21(4)28(39-46)19(2)17-37(9,48-14)33(53-35-29(41)25(40(11)12)16-20(3)49-35)22(5)30(23(6)34(44)51-26)52-27-18-36(8,47-13)32(43)24(7)50-27/h19-27,29-33,35,41-43,45-46H,15-18H2,1-14H3/b39-28-/t19-,20-,21+,22+,23-,24+,25+,26?,27+,29-,30+,31-,32+,33-,35+,36-,37-,38-/m0/s1. The lowest BCUT2D eigenvalue weighted by molar-refractivity contribution is -0.319. The minimum Gasteiger partial charge on any atom is -0.459 e. The second kappa shape index (κ2) is 18.2. The van der Waals surface area contributed by atoms with Gasteiger partial charge in [-0.2, -0.15) is 0 Å². The van der Waals surface area contributed by atoms with Gasteiger partial charge in [0.1, 0.15) is 23.9 Å². The van der Waals surface area contributed by atoms with E-state index in [0.29, 0.717) is 6.42 Å². The predicted molar refractivity (Wildman–Crippen MR) is 195 cm³/mol. The highest BCUT2D eigenvalue weighted by Crippen LogP contribution is 2.42. The van der Waals surface area contributed by atoms with Crippen LogP contribution in [0.4, 0.5) is 0 Å². The Bertz CT molecular complexity index is 1220. The minimum atomic E-state index is -1.94. The van der Waals surface area contributed by atoms with Gasteiger partial charge in [0, 0.05) is 44.4 Å². The van der Waals surface area contributed by atoms with Crippen LogP contribution >= 0.6 is 0 Å². The smallest absolute Gasteiger partial charge is 0.311 e. The van der Waals surface area contributed by atoms with Crippen LogP contribution in [0.2, 0.25) is 0 Å². The Labute approximate surface area is 316 Å². The number of ether oxygens (including phenoxy) is 7. The Hall–Kier alpha value is -1.50. The molecule has 15 nitrogen and oxygen atoms in total. The van der Waals surface area contributed by atoms with E-state index in [-0.39, 0.29) is 37.1 Å². The first-order valence-corrected chi connectivity index (χ1v) is 19.1. The summed E-state index contributed by atoms with van der Waals surface area (Å²) in [5.74, 6) is -3.82. The van der Waals surface area contributed by atoms with E-state index in [1.807, 2.05) is 46.7 Å². The quantitative estimate of drug-likeness (QED) is 0.137. The van der Waals surface area contributed by atoms with Crippen LogP contribution in [0.5, 0.6) is 0 Å². The number of methoxy groups -OCH3 is 2. The molecule has 18 atom stereocenters. The second-order valence-corrected chi connectivity index (χ2v) is 16.8. The van der Waals surface area contributed by atoms with E-state index in [9.17, 15) is 30.4 Å². The summed E-state index contributed by atoms with van der Waals surface area (Å²) in [6.07, 6.45) is -8.53. The summed E-state index contributed by atoms with van der Waals surface area (Å²) >= 11 is 0. The monoisotopic (exact) mass is 762 g/mol. The first-order valence-electron chi connectivity index (χ1n) is 19.1. The average molecular weight is 763 g/mol. The van der Waals surface area contributed by atoms with E-state index < -0.39 is 102 Å². The number of oxime groups is 1. The molecule has 3 heterocycles. The molecule has 0 bridgehead atoms. The molecule has 5 N–H and O–H groups in total. The van der Waals surface area contributed by atoms with Crippen molar-refractivity contribution in [2.24, 2.45) is 28.8 Å². The molecule has 1 unspecified atom stereocenters. The maximum atomic E-state index is 14.2. The number of aliphatic hydroxyl groups excluding tert-OH is 3. The molecule has 3 fully saturated rings. The summed E-state index contributed by atoms with van der Waals surface area (Å²) in [6.45, 7) is 17.3.